The molecule has 1 aliphatic rings. The molecule has 2 aromatic carbocycles. The second-order valence-electron chi connectivity index (χ2n) is 8.16. The number of amides is 1. The number of carbonyl (C=O) groups excluding carboxylic acids is 1. The highest BCUT2D eigenvalue weighted by Gasteiger charge is 2.32. The van der Waals surface area contributed by atoms with Gasteiger partial charge < -0.3 is 0 Å². The van der Waals surface area contributed by atoms with Crippen LogP contribution in [0.25, 0.3) is 23.0 Å². The topological polar surface area (TPSA) is 38.1 Å². The smallest absolute Gasteiger partial charge is 0.266 e. The molecule has 1 amide bonds. The summed E-state index contributed by atoms with van der Waals surface area (Å²) in [4.78, 5) is 15.4. The molecule has 1 aromatic heterocycles. The largest absolute Gasteiger partial charge is 0.293 e. The summed E-state index contributed by atoms with van der Waals surface area (Å²) in [5.41, 5.74) is 7.47. The summed E-state index contributed by atoms with van der Waals surface area (Å²) >= 11 is 6.86. The Hall–Kier alpha value is -2.70. The molecule has 0 spiro atoms. The molecule has 0 unspecified atom stereocenters. The van der Waals surface area contributed by atoms with Crippen LogP contribution in [0, 0.1) is 20.8 Å². The Labute approximate surface area is 199 Å². The summed E-state index contributed by atoms with van der Waals surface area (Å²) in [7, 11) is 0. The van der Waals surface area contributed by atoms with Gasteiger partial charge in [0.25, 0.3) is 5.91 Å². The molecule has 4 nitrogen and oxygen atoms in total. The van der Waals surface area contributed by atoms with Crippen molar-refractivity contribution >= 4 is 40.3 Å². The molecule has 1 fully saturated rings. The van der Waals surface area contributed by atoms with E-state index in [-0.39, 0.29) is 5.91 Å². The van der Waals surface area contributed by atoms with Gasteiger partial charge in [-0.25, -0.2) is 4.68 Å². The zero-order chi connectivity index (χ0) is 22.8. The van der Waals surface area contributed by atoms with Crippen molar-refractivity contribution in [2.24, 2.45) is 0 Å². The summed E-state index contributed by atoms with van der Waals surface area (Å²) in [6.45, 7) is 9.13. The van der Waals surface area contributed by atoms with Gasteiger partial charge in [-0.3, -0.25) is 9.69 Å². The Balaban J connectivity index is 1.81. The highest BCUT2D eigenvalue weighted by Crippen LogP contribution is 2.35. The second-order valence-corrected chi connectivity index (χ2v) is 9.84. The summed E-state index contributed by atoms with van der Waals surface area (Å²) in [5.74, 6) is -0.0153. The normalized spacial score (nSPS) is 15.2. The van der Waals surface area contributed by atoms with E-state index in [2.05, 4.69) is 45.9 Å². The number of unbranched alkanes of at least 4 members (excludes halogenated alkanes) is 1. The van der Waals surface area contributed by atoms with E-state index in [9.17, 15) is 4.79 Å². The molecule has 0 N–H and O–H groups in total. The van der Waals surface area contributed by atoms with E-state index in [0.717, 1.165) is 35.5 Å². The van der Waals surface area contributed by atoms with E-state index in [0.29, 0.717) is 15.8 Å². The number of thioether (sulfide) groups is 1. The number of para-hydroxylation sites is 1. The summed E-state index contributed by atoms with van der Waals surface area (Å²) < 4.78 is 2.54. The monoisotopic (exact) mass is 461 g/mol. The number of hydrogen-bond acceptors (Lipinski definition) is 4. The predicted octanol–water partition coefficient (Wildman–Crippen LogP) is 6.47. The fraction of sp³-hybridized carbons (Fsp3) is 0.269. The fourth-order valence-electron chi connectivity index (χ4n) is 4.12. The minimum Gasteiger partial charge on any atom is -0.293 e. The highest BCUT2D eigenvalue weighted by atomic mass is 32.2. The number of benzene rings is 2. The number of aromatic nitrogens is 2. The van der Waals surface area contributed by atoms with Crippen LogP contribution in [-0.2, 0) is 4.79 Å². The lowest BCUT2D eigenvalue weighted by atomic mass is 9.97. The third kappa shape index (κ3) is 4.43. The van der Waals surface area contributed by atoms with Gasteiger partial charge in [-0.2, -0.15) is 5.10 Å². The Morgan fingerprint density at radius 2 is 1.75 bits per heavy atom. The minimum absolute atomic E-state index is 0.0153. The van der Waals surface area contributed by atoms with Gasteiger partial charge in [-0.15, -0.1) is 0 Å². The van der Waals surface area contributed by atoms with E-state index in [1.165, 1.54) is 28.5 Å². The lowest BCUT2D eigenvalue weighted by Crippen LogP contribution is -2.28. The second kappa shape index (κ2) is 9.43. The summed E-state index contributed by atoms with van der Waals surface area (Å²) in [6.07, 6.45) is 3.89. The SMILES string of the molecule is CCCCN1C(=O)/C(=C\c2cc(-c3c(C)cc(C)cc3C)nn2-c2ccccc2)SC1=S. The van der Waals surface area contributed by atoms with Crippen LogP contribution in [0.5, 0.6) is 0 Å². The van der Waals surface area contributed by atoms with E-state index >= 15 is 0 Å². The maximum Gasteiger partial charge on any atom is 0.266 e. The number of thiocarbonyl (C=S) groups is 1. The maximum absolute atomic E-state index is 13.0. The van der Waals surface area contributed by atoms with Crippen molar-refractivity contribution in [3.63, 3.8) is 0 Å². The van der Waals surface area contributed by atoms with Gasteiger partial charge in [0.2, 0.25) is 0 Å². The van der Waals surface area contributed by atoms with Gasteiger partial charge in [0, 0.05) is 12.1 Å². The van der Waals surface area contributed by atoms with E-state index in [1.807, 2.05) is 41.1 Å². The van der Waals surface area contributed by atoms with E-state index in [1.54, 1.807) is 4.90 Å². The van der Waals surface area contributed by atoms with E-state index in [4.69, 9.17) is 17.3 Å². The first-order valence-corrected chi connectivity index (χ1v) is 12.1. The standard InChI is InChI=1S/C26H27N3OS2/c1-5-6-12-28-25(30)23(32-26(28)31)16-21-15-22(24-18(3)13-17(2)14-19(24)4)27-29(21)20-10-8-7-9-11-20/h7-11,13-16H,5-6,12H2,1-4H3/b23-16+. The van der Waals surface area contributed by atoms with Gasteiger partial charge >= 0.3 is 0 Å². The predicted molar refractivity (Wildman–Crippen MR) is 138 cm³/mol. The van der Waals surface area contributed by atoms with Crippen LogP contribution in [0.1, 0.15) is 42.1 Å². The van der Waals surface area contributed by atoms with Crippen molar-refractivity contribution < 1.29 is 4.79 Å². The Morgan fingerprint density at radius 3 is 2.41 bits per heavy atom. The first kappa shape index (κ1) is 22.5. The van der Waals surface area contributed by atoms with Gasteiger partial charge in [-0.05, 0) is 62.6 Å². The van der Waals surface area contributed by atoms with Gasteiger partial charge in [0.1, 0.15) is 4.32 Å². The van der Waals surface area contributed by atoms with Crippen molar-refractivity contribution in [2.75, 3.05) is 6.54 Å². The number of aryl methyl sites for hydroxylation is 3. The Bertz CT molecular complexity index is 1190. The molecule has 3 aromatic rings. The maximum atomic E-state index is 13.0. The third-order valence-electron chi connectivity index (χ3n) is 5.56. The molecular formula is C26H27N3OS2. The molecular weight excluding hydrogens is 434 g/mol. The van der Waals surface area contributed by atoms with Crippen LogP contribution in [0.4, 0.5) is 0 Å². The van der Waals surface area contributed by atoms with Crippen molar-refractivity contribution in [2.45, 2.75) is 40.5 Å². The molecule has 2 heterocycles. The number of nitrogens with zero attached hydrogens (tertiary/aromatic N) is 3. The quantitative estimate of drug-likeness (QED) is 0.312. The fourth-order valence-corrected chi connectivity index (χ4v) is 5.42. The van der Waals surface area contributed by atoms with Crippen LogP contribution in [0.3, 0.4) is 0 Å². The summed E-state index contributed by atoms with van der Waals surface area (Å²) in [6, 6.07) is 16.5. The van der Waals surface area contributed by atoms with Crippen LogP contribution >= 0.6 is 24.0 Å². The van der Waals surface area contributed by atoms with Gasteiger partial charge in [-0.1, -0.05) is 73.2 Å². The molecule has 0 saturated carbocycles. The Kier molecular flexibility index (Phi) is 6.63. The zero-order valence-electron chi connectivity index (χ0n) is 18.9. The van der Waals surface area contributed by atoms with Gasteiger partial charge in [0.15, 0.2) is 0 Å². The lowest BCUT2D eigenvalue weighted by molar-refractivity contribution is -0.122. The minimum atomic E-state index is -0.0153. The summed E-state index contributed by atoms with van der Waals surface area (Å²) in [5, 5.41) is 4.96. The van der Waals surface area contributed by atoms with Crippen LogP contribution in [-0.4, -0.2) is 31.5 Å². The molecule has 0 aliphatic carbocycles. The third-order valence-corrected chi connectivity index (χ3v) is 6.94. The number of carbonyl (C=O) groups is 1. The molecule has 0 atom stereocenters. The zero-order valence-corrected chi connectivity index (χ0v) is 20.5. The lowest BCUT2D eigenvalue weighted by Gasteiger charge is -2.13. The molecule has 1 saturated heterocycles. The highest BCUT2D eigenvalue weighted by molar-refractivity contribution is 8.26. The molecule has 1 aliphatic heterocycles. The molecule has 0 radical (unpaired) electrons. The van der Waals surface area contributed by atoms with Crippen molar-refractivity contribution in [1.82, 2.24) is 14.7 Å². The first-order valence-electron chi connectivity index (χ1n) is 10.9. The van der Waals surface area contributed by atoms with Crippen molar-refractivity contribution in [1.29, 1.82) is 0 Å². The Morgan fingerprint density at radius 1 is 1.06 bits per heavy atom. The van der Waals surface area contributed by atoms with Gasteiger partial charge in [0.05, 0.1) is 22.0 Å². The first-order chi connectivity index (χ1) is 15.4. The van der Waals surface area contributed by atoms with Crippen LogP contribution < -0.4 is 0 Å². The molecule has 164 valence electrons. The van der Waals surface area contributed by atoms with Crippen molar-refractivity contribution in [3.05, 3.63) is 75.8 Å². The van der Waals surface area contributed by atoms with E-state index < -0.39 is 0 Å². The van der Waals surface area contributed by atoms with Crippen LogP contribution in [0.2, 0.25) is 0 Å². The average molecular weight is 462 g/mol. The van der Waals surface area contributed by atoms with Crippen LogP contribution in [0.15, 0.2) is 53.4 Å². The molecule has 4 rings (SSSR count). The number of hydrogen-bond donors (Lipinski definition) is 0. The molecule has 32 heavy (non-hydrogen) atoms. The van der Waals surface area contributed by atoms with Crippen molar-refractivity contribution in [3.8, 4) is 16.9 Å². The molecule has 6 heteroatoms. The average Bonchev–Trinajstić information content (AvgIpc) is 3.27. The molecule has 0 bridgehead atoms. The number of rotatable bonds is 6.